The van der Waals surface area contributed by atoms with E-state index in [0.717, 1.165) is 5.56 Å². The molecule has 6 heteroatoms. The molecule has 0 saturated heterocycles. The summed E-state index contributed by atoms with van der Waals surface area (Å²) in [4.78, 5) is 15.8. The Morgan fingerprint density at radius 1 is 1.15 bits per heavy atom. The van der Waals surface area contributed by atoms with Crippen LogP contribution in [0.5, 0.6) is 5.75 Å². The topological polar surface area (TPSA) is 48.4 Å². The largest absolute Gasteiger partial charge is 0.455 e. The van der Waals surface area contributed by atoms with Crippen molar-refractivity contribution in [3.8, 4) is 5.75 Å². The number of rotatable bonds is 5. The van der Waals surface area contributed by atoms with Crippen LogP contribution >= 0.6 is 23.2 Å². The zero-order chi connectivity index (χ0) is 19.3. The van der Waals surface area contributed by atoms with Crippen molar-refractivity contribution < 1.29 is 14.3 Å². The number of carbonyl (C=O) groups excluding carboxylic acids is 1. The van der Waals surface area contributed by atoms with Crippen LogP contribution in [-0.4, -0.2) is 17.1 Å². The number of hydrogen-bond donors (Lipinski definition) is 0. The minimum Gasteiger partial charge on any atom is -0.455 e. The Morgan fingerprint density at radius 2 is 1.81 bits per heavy atom. The molecule has 2 aromatic rings. The summed E-state index contributed by atoms with van der Waals surface area (Å²) in [5.41, 5.74) is 0.375. The van der Waals surface area contributed by atoms with E-state index >= 15 is 0 Å². The van der Waals surface area contributed by atoms with E-state index in [1.165, 1.54) is 6.92 Å². The van der Waals surface area contributed by atoms with Crippen molar-refractivity contribution in [3.05, 3.63) is 64.1 Å². The van der Waals surface area contributed by atoms with E-state index in [2.05, 4.69) is 4.98 Å². The molecule has 1 unspecified atom stereocenters. The first-order chi connectivity index (χ1) is 12.2. The third kappa shape index (κ3) is 5.48. The fourth-order valence-electron chi connectivity index (χ4n) is 2.31. The lowest BCUT2D eigenvalue weighted by molar-refractivity contribution is -0.150. The van der Waals surface area contributed by atoms with Crippen LogP contribution in [0.15, 0.2) is 48.5 Å². The SMILES string of the molecule is CC(=O)OC(/C(=C\c1cccnc1)Oc1c(Cl)cccc1Cl)C(C)(C)C. The first kappa shape index (κ1) is 20.3. The summed E-state index contributed by atoms with van der Waals surface area (Å²) < 4.78 is 11.6. The highest BCUT2D eigenvalue weighted by molar-refractivity contribution is 6.37. The summed E-state index contributed by atoms with van der Waals surface area (Å²) in [7, 11) is 0. The number of nitrogens with zero attached hydrogens (tertiary/aromatic N) is 1. The molecule has 0 N–H and O–H groups in total. The number of halogens is 2. The zero-order valence-corrected chi connectivity index (χ0v) is 16.6. The van der Waals surface area contributed by atoms with Gasteiger partial charge >= 0.3 is 5.97 Å². The van der Waals surface area contributed by atoms with E-state index < -0.39 is 17.5 Å². The van der Waals surface area contributed by atoms with Crippen LogP contribution in [0, 0.1) is 5.41 Å². The maximum Gasteiger partial charge on any atom is 0.303 e. The summed E-state index contributed by atoms with van der Waals surface area (Å²) in [6.45, 7) is 7.22. The zero-order valence-electron chi connectivity index (χ0n) is 15.1. The van der Waals surface area contributed by atoms with Crippen LogP contribution in [0.3, 0.4) is 0 Å². The van der Waals surface area contributed by atoms with Gasteiger partial charge in [-0.3, -0.25) is 9.78 Å². The molecule has 0 radical (unpaired) electrons. The van der Waals surface area contributed by atoms with Crippen LogP contribution in [0.4, 0.5) is 0 Å². The number of aromatic nitrogens is 1. The normalized spacial score (nSPS) is 13.2. The summed E-state index contributed by atoms with van der Waals surface area (Å²) in [5.74, 6) is 0.318. The van der Waals surface area contributed by atoms with E-state index in [9.17, 15) is 4.79 Å². The molecule has 26 heavy (non-hydrogen) atoms. The highest BCUT2D eigenvalue weighted by Crippen LogP contribution is 2.37. The number of para-hydroxylation sites is 1. The predicted octanol–water partition coefficient (Wildman–Crippen LogP) is 5.79. The van der Waals surface area contributed by atoms with Crippen LogP contribution < -0.4 is 4.74 Å². The highest BCUT2D eigenvalue weighted by Gasteiger charge is 2.33. The molecule has 1 heterocycles. The molecule has 0 aliphatic carbocycles. The van der Waals surface area contributed by atoms with Gasteiger partial charge in [0.2, 0.25) is 0 Å². The first-order valence-corrected chi connectivity index (χ1v) is 8.85. The molecule has 0 aliphatic heterocycles. The van der Waals surface area contributed by atoms with Crippen molar-refractivity contribution in [2.24, 2.45) is 5.41 Å². The fourth-order valence-corrected chi connectivity index (χ4v) is 2.78. The van der Waals surface area contributed by atoms with Gasteiger partial charge in [0.15, 0.2) is 11.9 Å². The molecule has 4 nitrogen and oxygen atoms in total. The molecule has 1 aromatic heterocycles. The molecule has 0 fully saturated rings. The van der Waals surface area contributed by atoms with Gasteiger partial charge < -0.3 is 9.47 Å². The van der Waals surface area contributed by atoms with Crippen molar-refractivity contribution in [2.45, 2.75) is 33.8 Å². The minimum atomic E-state index is -0.646. The number of hydrogen-bond acceptors (Lipinski definition) is 4. The van der Waals surface area contributed by atoms with Crippen molar-refractivity contribution in [1.82, 2.24) is 4.98 Å². The van der Waals surface area contributed by atoms with Gasteiger partial charge in [-0.25, -0.2) is 0 Å². The van der Waals surface area contributed by atoms with Crippen molar-refractivity contribution in [3.63, 3.8) is 0 Å². The monoisotopic (exact) mass is 393 g/mol. The molecule has 138 valence electrons. The van der Waals surface area contributed by atoms with Crippen LogP contribution in [0.2, 0.25) is 10.0 Å². The lowest BCUT2D eigenvalue weighted by atomic mass is 9.87. The standard InChI is InChI=1S/C20H21Cl2NO3/c1-13(24)25-19(20(2,3)4)17(11-14-7-6-10-23-12-14)26-18-15(21)8-5-9-16(18)22/h5-12,19H,1-4H3/b17-11+. The Kier molecular flexibility index (Phi) is 6.68. The molecular formula is C20H21Cl2NO3. The summed E-state index contributed by atoms with van der Waals surface area (Å²) in [6.07, 6.45) is 4.49. The van der Waals surface area contributed by atoms with Gasteiger partial charge in [-0.05, 0) is 29.8 Å². The third-order valence-electron chi connectivity index (χ3n) is 3.46. The summed E-state index contributed by atoms with van der Waals surface area (Å²) in [6, 6.07) is 8.78. The van der Waals surface area contributed by atoms with Crippen LogP contribution in [0.25, 0.3) is 6.08 Å². The van der Waals surface area contributed by atoms with Gasteiger partial charge in [0, 0.05) is 24.7 Å². The van der Waals surface area contributed by atoms with Crippen LogP contribution in [0.1, 0.15) is 33.3 Å². The molecule has 0 amide bonds. The molecule has 1 aromatic carbocycles. The second-order valence-corrected chi connectivity index (χ2v) is 7.66. The molecule has 1 atom stereocenters. The van der Waals surface area contributed by atoms with Crippen LogP contribution in [-0.2, 0) is 9.53 Å². The number of ether oxygens (including phenoxy) is 2. The second kappa shape index (κ2) is 8.56. The lowest BCUT2D eigenvalue weighted by Gasteiger charge is -2.31. The van der Waals surface area contributed by atoms with Gasteiger partial charge in [-0.15, -0.1) is 0 Å². The minimum absolute atomic E-state index is 0.312. The highest BCUT2D eigenvalue weighted by atomic mass is 35.5. The average molecular weight is 394 g/mol. The van der Waals surface area contributed by atoms with E-state index in [1.54, 1.807) is 36.7 Å². The first-order valence-electron chi connectivity index (χ1n) is 8.09. The number of esters is 1. The molecule has 0 spiro atoms. The number of benzene rings is 1. The maximum absolute atomic E-state index is 11.7. The van der Waals surface area contributed by atoms with E-state index in [-0.39, 0.29) is 0 Å². The Morgan fingerprint density at radius 3 is 2.31 bits per heavy atom. The molecular weight excluding hydrogens is 373 g/mol. The predicted molar refractivity (Wildman–Crippen MR) is 104 cm³/mol. The van der Waals surface area contributed by atoms with Gasteiger partial charge in [0.25, 0.3) is 0 Å². The maximum atomic E-state index is 11.7. The quantitative estimate of drug-likeness (QED) is 0.476. The Labute approximate surface area is 163 Å². The molecule has 0 bridgehead atoms. The van der Waals surface area contributed by atoms with Gasteiger partial charge in [-0.1, -0.05) is 56.1 Å². The Bertz CT molecular complexity index is 778. The summed E-state index contributed by atoms with van der Waals surface area (Å²) in [5, 5.41) is 0.732. The third-order valence-corrected chi connectivity index (χ3v) is 4.06. The number of carbonyl (C=O) groups is 1. The van der Waals surface area contributed by atoms with Gasteiger partial charge in [-0.2, -0.15) is 0 Å². The number of pyridine rings is 1. The van der Waals surface area contributed by atoms with E-state index in [1.807, 2.05) is 32.9 Å². The van der Waals surface area contributed by atoms with Crippen molar-refractivity contribution in [1.29, 1.82) is 0 Å². The van der Waals surface area contributed by atoms with Crippen molar-refractivity contribution >= 4 is 35.2 Å². The average Bonchev–Trinajstić information content (AvgIpc) is 2.55. The van der Waals surface area contributed by atoms with Crippen molar-refractivity contribution in [2.75, 3.05) is 0 Å². The van der Waals surface area contributed by atoms with Gasteiger partial charge in [0.05, 0.1) is 10.0 Å². The Balaban J connectivity index is 2.54. The fraction of sp³-hybridized carbons (Fsp3) is 0.300. The van der Waals surface area contributed by atoms with E-state index in [0.29, 0.717) is 21.6 Å². The van der Waals surface area contributed by atoms with Gasteiger partial charge in [0.1, 0.15) is 5.76 Å². The van der Waals surface area contributed by atoms with E-state index in [4.69, 9.17) is 32.7 Å². The summed E-state index contributed by atoms with van der Waals surface area (Å²) >= 11 is 12.5. The molecule has 0 saturated carbocycles. The molecule has 0 aliphatic rings. The Hall–Kier alpha value is -2.04. The molecule has 2 rings (SSSR count). The second-order valence-electron chi connectivity index (χ2n) is 6.84. The lowest BCUT2D eigenvalue weighted by Crippen LogP contribution is -2.34. The smallest absolute Gasteiger partial charge is 0.303 e.